The molecule has 24 heavy (non-hydrogen) atoms. The van der Waals surface area contributed by atoms with Gasteiger partial charge in [-0.2, -0.15) is 0 Å². The van der Waals surface area contributed by atoms with Gasteiger partial charge in [0.25, 0.3) is 5.91 Å². The smallest absolute Gasteiger partial charge is 0.250 e. The Hall–Kier alpha value is -1.10. The Balaban J connectivity index is 0.00000288. The van der Waals surface area contributed by atoms with Crippen LogP contribution in [0.25, 0.3) is 0 Å². The third-order valence-corrected chi connectivity index (χ3v) is 4.17. The standard InChI is InChI=1S/C19H30N2O2.ClH/c1-13(2)11-15-5-7-16(8-6-15)18(14(3)4)21-19(22)17-12-20-9-10-23-17;/h5-8,13-14,17-18,20H,9-12H2,1-4H3,(H,21,22);1H. The first-order valence-electron chi connectivity index (χ1n) is 8.69. The van der Waals surface area contributed by atoms with Crippen molar-refractivity contribution in [3.63, 3.8) is 0 Å². The molecule has 4 nitrogen and oxygen atoms in total. The van der Waals surface area contributed by atoms with Crippen molar-refractivity contribution < 1.29 is 9.53 Å². The predicted molar refractivity (Wildman–Crippen MR) is 101 cm³/mol. The molecule has 0 saturated carbocycles. The lowest BCUT2D eigenvalue weighted by molar-refractivity contribution is -0.135. The van der Waals surface area contributed by atoms with Crippen LogP contribution < -0.4 is 10.6 Å². The average molecular weight is 355 g/mol. The van der Waals surface area contributed by atoms with Gasteiger partial charge in [-0.1, -0.05) is 52.0 Å². The lowest BCUT2D eigenvalue weighted by atomic mass is 9.93. The van der Waals surface area contributed by atoms with Crippen molar-refractivity contribution in [3.05, 3.63) is 35.4 Å². The Morgan fingerprint density at radius 2 is 1.92 bits per heavy atom. The molecule has 1 heterocycles. The van der Waals surface area contributed by atoms with Gasteiger partial charge in [-0.05, 0) is 29.4 Å². The second-order valence-corrected chi connectivity index (χ2v) is 7.13. The van der Waals surface area contributed by atoms with E-state index in [2.05, 4.69) is 62.6 Å². The summed E-state index contributed by atoms with van der Waals surface area (Å²) in [5, 5.41) is 6.36. The Kier molecular flexibility index (Phi) is 8.74. The monoisotopic (exact) mass is 354 g/mol. The molecule has 136 valence electrons. The van der Waals surface area contributed by atoms with Gasteiger partial charge in [0.2, 0.25) is 0 Å². The number of benzene rings is 1. The molecule has 1 aromatic rings. The quantitative estimate of drug-likeness (QED) is 0.825. The van der Waals surface area contributed by atoms with Gasteiger partial charge < -0.3 is 15.4 Å². The van der Waals surface area contributed by atoms with Crippen molar-refractivity contribution in [1.29, 1.82) is 0 Å². The SMILES string of the molecule is CC(C)Cc1ccc(C(NC(=O)C2CNCCO2)C(C)C)cc1.Cl. The molecule has 2 rings (SSSR count). The van der Waals surface area contributed by atoms with E-state index in [1.165, 1.54) is 5.56 Å². The van der Waals surface area contributed by atoms with Crippen LogP contribution in [-0.2, 0) is 16.0 Å². The highest BCUT2D eigenvalue weighted by molar-refractivity contribution is 5.85. The fraction of sp³-hybridized carbons (Fsp3) is 0.632. The van der Waals surface area contributed by atoms with Crippen LogP contribution >= 0.6 is 12.4 Å². The number of hydrogen-bond donors (Lipinski definition) is 2. The third kappa shape index (κ3) is 6.08. The first kappa shape index (κ1) is 20.9. The number of amides is 1. The topological polar surface area (TPSA) is 50.4 Å². The van der Waals surface area contributed by atoms with Crippen LogP contribution in [0.2, 0.25) is 0 Å². The fourth-order valence-corrected chi connectivity index (χ4v) is 2.95. The minimum atomic E-state index is -0.384. The Morgan fingerprint density at radius 1 is 1.25 bits per heavy atom. The molecule has 2 atom stereocenters. The van der Waals surface area contributed by atoms with E-state index < -0.39 is 0 Å². The molecular formula is C19H31ClN2O2. The van der Waals surface area contributed by atoms with Gasteiger partial charge in [0.05, 0.1) is 12.6 Å². The van der Waals surface area contributed by atoms with Gasteiger partial charge in [-0.25, -0.2) is 0 Å². The highest BCUT2D eigenvalue weighted by Crippen LogP contribution is 2.23. The normalized spacial score (nSPS) is 19.0. The molecule has 2 unspecified atom stereocenters. The first-order chi connectivity index (χ1) is 11.0. The van der Waals surface area contributed by atoms with E-state index in [0.717, 1.165) is 18.5 Å². The molecule has 0 aliphatic carbocycles. The number of hydrogen-bond acceptors (Lipinski definition) is 3. The number of morpholine rings is 1. The average Bonchev–Trinajstić information content (AvgIpc) is 2.53. The summed E-state index contributed by atoms with van der Waals surface area (Å²) in [4.78, 5) is 12.4. The van der Waals surface area contributed by atoms with Gasteiger partial charge in [-0.15, -0.1) is 12.4 Å². The van der Waals surface area contributed by atoms with Crippen LogP contribution in [0.15, 0.2) is 24.3 Å². The van der Waals surface area contributed by atoms with Gasteiger partial charge in [0, 0.05) is 13.1 Å². The van der Waals surface area contributed by atoms with E-state index in [-0.39, 0.29) is 30.5 Å². The maximum absolute atomic E-state index is 12.4. The lowest BCUT2D eigenvalue weighted by Crippen LogP contribution is -2.49. The second-order valence-electron chi connectivity index (χ2n) is 7.13. The van der Waals surface area contributed by atoms with Crippen LogP contribution in [0.4, 0.5) is 0 Å². The summed E-state index contributed by atoms with van der Waals surface area (Å²) in [6.07, 6.45) is 0.700. The Morgan fingerprint density at radius 3 is 2.42 bits per heavy atom. The molecule has 5 heteroatoms. The minimum Gasteiger partial charge on any atom is -0.366 e. The summed E-state index contributed by atoms with van der Waals surface area (Å²) >= 11 is 0. The summed E-state index contributed by atoms with van der Waals surface area (Å²) in [6.45, 7) is 10.7. The van der Waals surface area contributed by atoms with Crippen LogP contribution in [0.3, 0.4) is 0 Å². The zero-order valence-corrected chi connectivity index (χ0v) is 16.0. The van der Waals surface area contributed by atoms with Gasteiger partial charge in [-0.3, -0.25) is 4.79 Å². The summed E-state index contributed by atoms with van der Waals surface area (Å²) in [6, 6.07) is 8.65. The zero-order chi connectivity index (χ0) is 16.8. The Bertz CT molecular complexity index is 497. The first-order valence-corrected chi connectivity index (χ1v) is 8.69. The minimum absolute atomic E-state index is 0. The zero-order valence-electron chi connectivity index (χ0n) is 15.2. The molecule has 0 spiro atoms. The van der Waals surface area contributed by atoms with Crippen molar-refractivity contribution in [3.8, 4) is 0 Å². The van der Waals surface area contributed by atoms with Gasteiger partial charge in [0.1, 0.15) is 6.10 Å². The molecule has 1 saturated heterocycles. The lowest BCUT2D eigenvalue weighted by Gasteiger charge is -2.28. The predicted octanol–water partition coefficient (Wildman–Crippen LogP) is 3.11. The van der Waals surface area contributed by atoms with Crippen molar-refractivity contribution in [2.75, 3.05) is 19.7 Å². The maximum atomic E-state index is 12.4. The molecular weight excluding hydrogens is 324 g/mol. The molecule has 0 bridgehead atoms. The molecule has 1 fully saturated rings. The molecule has 2 N–H and O–H groups in total. The molecule has 1 aromatic carbocycles. The molecule has 1 aliphatic rings. The van der Waals surface area contributed by atoms with E-state index in [4.69, 9.17) is 4.74 Å². The Labute approximate surface area is 152 Å². The number of carbonyl (C=O) groups excluding carboxylic acids is 1. The fourth-order valence-electron chi connectivity index (χ4n) is 2.95. The third-order valence-electron chi connectivity index (χ3n) is 4.17. The van der Waals surface area contributed by atoms with E-state index in [1.807, 2.05) is 0 Å². The highest BCUT2D eigenvalue weighted by Gasteiger charge is 2.26. The van der Waals surface area contributed by atoms with Crippen molar-refractivity contribution in [2.45, 2.75) is 46.3 Å². The molecule has 0 radical (unpaired) electrons. The van der Waals surface area contributed by atoms with Crippen molar-refractivity contribution in [2.24, 2.45) is 11.8 Å². The summed E-state index contributed by atoms with van der Waals surface area (Å²) in [7, 11) is 0. The second kappa shape index (κ2) is 10.0. The summed E-state index contributed by atoms with van der Waals surface area (Å²) < 4.78 is 5.54. The number of ether oxygens (including phenoxy) is 1. The van der Waals surface area contributed by atoms with Crippen LogP contribution in [-0.4, -0.2) is 31.7 Å². The summed E-state index contributed by atoms with van der Waals surface area (Å²) in [5.74, 6) is 0.950. The number of carbonyl (C=O) groups is 1. The number of nitrogens with one attached hydrogen (secondary N) is 2. The number of rotatable bonds is 6. The highest BCUT2D eigenvalue weighted by atomic mass is 35.5. The van der Waals surface area contributed by atoms with Gasteiger partial charge in [0.15, 0.2) is 0 Å². The van der Waals surface area contributed by atoms with E-state index >= 15 is 0 Å². The van der Waals surface area contributed by atoms with E-state index in [1.54, 1.807) is 0 Å². The molecule has 1 aliphatic heterocycles. The van der Waals surface area contributed by atoms with Crippen molar-refractivity contribution >= 4 is 18.3 Å². The van der Waals surface area contributed by atoms with Crippen LogP contribution in [0, 0.1) is 11.8 Å². The van der Waals surface area contributed by atoms with Gasteiger partial charge >= 0.3 is 0 Å². The van der Waals surface area contributed by atoms with E-state index in [9.17, 15) is 4.79 Å². The van der Waals surface area contributed by atoms with Crippen LogP contribution in [0.1, 0.15) is 44.9 Å². The number of halogens is 1. The maximum Gasteiger partial charge on any atom is 0.250 e. The molecule has 1 amide bonds. The largest absolute Gasteiger partial charge is 0.366 e. The van der Waals surface area contributed by atoms with Crippen molar-refractivity contribution in [1.82, 2.24) is 10.6 Å². The summed E-state index contributed by atoms with van der Waals surface area (Å²) in [5.41, 5.74) is 2.50. The van der Waals surface area contributed by atoms with Crippen LogP contribution in [0.5, 0.6) is 0 Å². The van der Waals surface area contributed by atoms with E-state index in [0.29, 0.717) is 25.0 Å². The molecule has 0 aromatic heterocycles.